The summed E-state index contributed by atoms with van der Waals surface area (Å²) in [6.45, 7) is 9.45. The zero-order valence-corrected chi connectivity index (χ0v) is 14.1. The van der Waals surface area contributed by atoms with Gasteiger partial charge in [-0.05, 0) is 38.1 Å². The van der Waals surface area contributed by atoms with E-state index in [-0.39, 0.29) is 5.91 Å². The van der Waals surface area contributed by atoms with Crippen LogP contribution in [0.5, 0.6) is 0 Å². The normalized spacial score (nSPS) is 18.1. The molecule has 0 aromatic heterocycles. The molecule has 1 aromatic carbocycles. The number of carbonyl (C=O) groups excluding carboxylic acids is 1. The summed E-state index contributed by atoms with van der Waals surface area (Å²) in [6.07, 6.45) is 2.20. The molecule has 1 atom stereocenters. The predicted molar refractivity (Wildman–Crippen MR) is 91.3 cm³/mol. The highest BCUT2D eigenvalue weighted by atomic mass is 16.1. The molecule has 0 aliphatic carbocycles. The third-order valence-electron chi connectivity index (χ3n) is 4.47. The maximum absolute atomic E-state index is 12.2. The Balaban J connectivity index is 1.79. The molecule has 4 nitrogen and oxygen atoms in total. The molecule has 122 valence electrons. The molecule has 1 heterocycles. The fourth-order valence-corrected chi connectivity index (χ4v) is 2.85. The van der Waals surface area contributed by atoms with Crippen molar-refractivity contribution in [1.82, 2.24) is 15.1 Å². The molecule has 0 radical (unpaired) electrons. The Bertz CT molecular complexity index is 464. The van der Waals surface area contributed by atoms with Crippen molar-refractivity contribution in [1.29, 1.82) is 0 Å². The summed E-state index contributed by atoms with van der Waals surface area (Å²) >= 11 is 0. The van der Waals surface area contributed by atoms with Crippen LogP contribution in [0.2, 0.25) is 0 Å². The van der Waals surface area contributed by atoms with E-state index >= 15 is 0 Å². The highest BCUT2D eigenvalue weighted by Gasteiger charge is 2.19. The lowest BCUT2D eigenvalue weighted by atomic mass is 10.1. The van der Waals surface area contributed by atoms with E-state index in [0.717, 1.165) is 44.6 Å². The minimum atomic E-state index is 0.0315. The molecule has 1 aromatic rings. The highest BCUT2D eigenvalue weighted by molar-refractivity contribution is 5.94. The average molecular weight is 303 g/mol. The molecule has 2 rings (SSSR count). The van der Waals surface area contributed by atoms with Crippen molar-refractivity contribution in [2.75, 3.05) is 39.8 Å². The largest absolute Gasteiger partial charge is 0.350 e. The van der Waals surface area contributed by atoms with Crippen LogP contribution in [0.4, 0.5) is 0 Å². The molecule has 1 aliphatic rings. The molecule has 1 amide bonds. The molecule has 0 saturated carbocycles. The summed E-state index contributed by atoms with van der Waals surface area (Å²) in [5.41, 5.74) is 2.05. The first-order chi connectivity index (χ1) is 10.6. The van der Waals surface area contributed by atoms with Crippen molar-refractivity contribution < 1.29 is 4.79 Å². The number of piperazine rings is 1. The second kappa shape index (κ2) is 8.30. The van der Waals surface area contributed by atoms with Gasteiger partial charge in [-0.25, -0.2) is 0 Å². The Kier molecular flexibility index (Phi) is 6.40. The molecule has 1 N–H and O–H groups in total. The predicted octanol–water partition coefficient (Wildman–Crippen LogP) is 2.00. The molecule has 1 unspecified atom stereocenters. The van der Waals surface area contributed by atoms with Gasteiger partial charge >= 0.3 is 0 Å². The first kappa shape index (κ1) is 17.0. The van der Waals surface area contributed by atoms with E-state index in [1.165, 1.54) is 5.56 Å². The number of hydrogen-bond donors (Lipinski definition) is 1. The lowest BCUT2D eigenvalue weighted by molar-refractivity contribution is 0.0903. The van der Waals surface area contributed by atoms with Gasteiger partial charge < -0.3 is 10.2 Å². The summed E-state index contributed by atoms with van der Waals surface area (Å²) in [5.74, 6) is 0.0315. The monoisotopic (exact) mass is 303 g/mol. The topological polar surface area (TPSA) is 35.6 Å². The minimum absolute atomic E-state index is 0.0315. The number of hydrogen-bond acceptors (Lipinski definition) is 3. The number of nitrogens with one attached hydrogen (secondary N) is 1. The van der Waals surface area contributed by atoms with Crippen LogP contribution in [0, 0.1) is 0 Å². The third-order valence-corrected chi connectivity index (χ3v) is 4.47. The lowest BCUT2D eigenvalue weighted by Crippen LogP contribution is -2.51. The number of nitrogens with zero attached hydrogens (tertiary/aromatic N) is 2. The van der Waals surface area contributed by atoms with Crippen molar-refractivity contribution in [2.24, 2.45) is 0 Å². The summed E-state index contributed by atoms with van der Waals surface area (Å²) < 4.78 is 0. The summed E-state index contributed by atoms with van der Waals surface area (Å²) in [5, 5.41) is 3.06. The molecule has 1 saturated heterocycles. The van der Waals surface area contributed by atoms with Gasteiger partial charge in [0.2, 0.25) is 0 Å². The van der Waals surface area contributed by atoms with Crippen LogP contribution in [0.1, 0.15) is 36.2 Å². The summed E-state index contributed by atoms with van der Waals surface area (Å²) in [4.78, 5) is 17.0. The molecule has 1 fully saturated rings. The summed E-state index contributed by atoms with van der Waals surface area (Å²) in [7, 11) is 2.16. The van der Waals surface area contributed by atoms with E-state index < -0.39 is 0 Å². The summed E-state index contributed by atoms with van der Waals surface area (Å²) in [6, 6.07) is 8.36. The van der Waals surface area contributed by atoms with E-state index in [1.54, 1.807) is 0 Å². The van der Waals surface area contributed by atoms with E-state index in [9.17, 15) is 4.79 Å². The van der Waals surface area contributed by atoms with E-state index in [4.69, 9.17) is 0 Å². The quantitative estimate of drug-likeness (QED) is 0.873. The number of likely N-dealkylation sites (N-methyl/N-ethyl adjacent to an activating group) is 1. The van der Waals surface area contributed by atoms with E-state index in [2.05, 4.69) is 48.1 Å². The first-order valence-corrected chi connectivity index (χ1v) is 8.40. The highest BCUT2D eigenvalue weighted by Crippen LogP contribution is 2.08. The Morgan fingerprint density at radius 1 is 1.18 bits per heavy atom. The van der Waals surface area contributed by atoms with Crippen LogP contribution in [-0.2, 0) is 6.42 Å². The van der Waals surface area contributed by atoms with Gasteiger partial charge in [-0.2, -0.15) is 0 Å². The number of benzene rings is 1. The van der Waals surface area contributed by atoms with Crippen LogP contribution in [-0.4, -0.2) is 61.5 Å². The zero-order valence-electron chi connectivity index (χ0n) is 14.1. The Morgan fingerprint density at radius 2 is 1.82 bits per heavy atom. The van der Waals surface area contributed by atoms with E-state index in [0.29, 0.717) is 12.6 Å². The zero-order chi connectivity index (χ0) is 15.9. The van der Waals surface area contributed by atoms with Crippen molar-refractivity contribution >= 4 is 5.91 Å². The van der Waals surface area contributed by atoms with Crippen LogP contribution < -0.4 is 5.32 Å². The van der Waals surface area contributed by atoms with Gasteiger partial charge in [0.25, 0.3) is 5.91 Å². The SMILES string of the molecule is CCCc1ccc(C(=O)NCC(C)N2CCN(C)CC2)cc1. The molecule has 0 spiro atoms. The van der Waals surface area contributed by atoms with Crippen molar-refractivity contribution in [3.63, 3.8) is 0 Å². The van der Waals surface area contributed by atoms with Crippen LogP contribution in [0.3, 0.4) is 0 Å². The Morgan fingerprint density at radius 3 is 2.41 bits per heavy atom. The van der Waals surface area contributed by atoms with E-state index in [1.807, 2.05) is 12.1 Å². The van der Waals surface area contributed by atoms with Gasteiger partial charge in [-0.3, -0.25) is 9.69 Å². The first-order valence-electron chi connectivity index (χ1n) is 8.40. The van der Waals surface area contributed by atoms with Gasteiger partial charge in [-0.1, -0.05) is 25.5 Å². The molecule has 1 aliphatic heterocycles. The smallest absolute Gasteiger partial charge is 0.251 e. The maximum atomic E-state index is 12.2. The minimum Gasteiger partial charge on any atom is -0.350 e. The van der Waals surface area contributed by atoms with Gasteiger partial charge in [0, 0.05) is 44.3 Å². The lowest BCUT2D eigenvalue weighted by Gasteiger charge is -2.36. The standard InChI is InChI=1S/C18H29N3O/c1-4-5-16-6-8-17(9-7-16)18(22)19-14-15(2)21-12-10-20(3)11-13-21/h6-9,15H,4-5,10-14H2,1-3H3,(H,19,22). The van der Waals surface area contributed by atoms with Crippen molar-refractivity contribution in [3.8, 4) is 0 Å². The molecule has 4 heteroatoms. The number of rotatable bonds is 6. The van der Waals surface area contributed by atoms with Crippen LogP contribution >= 0.6 is 0 Å². The fraction of sp³-hybridized carbons (Fsp3) is 0.611. The number of aryl methyl sites for hydroxylation is 1. The molecule has 22 heavy (non-hydrogen) atoms. The molecular weight excluding hydrogens is 274 g/mol. The van der Waals surface area contributed by atoms with Gasteiger partial charge in [0.05, 0.1) is 0 Å². The van der Waals surface area contributed by atoms with Crippen molar-refractivity contribution in [3.05, 3.63) is 35.4 Å². The average Bonchev–Trinajstić information content (AvgIpc) is 2.54. The Labute approximate surface area is 134 Å². The number of carbonyl (C=O) groups is 1. The van der Waals surface area contributed by atoms with Gasteiger partial charge in [0.1, 0.15) is 0 Å². The fourth-order valence-electron chi connectivity index (χ4n) is 2.85. The van der Waals surface area contributed by atoms with Crippen LogP contribution in [0.15, 0.2) is 24.3 Å². The molecule has 0 bridgehead atoms. The molecular formula is C18H29N3O. The second-order valence-electron chi connectivity index (χ2n) is 6.35. The Hall–Kier alpha value is -1.39. The number of amides is 1. The maximum Gasteiger partial charge on any atom is 0.251 e. The third kappa shape index (κ3) is 4.82. The van der Waals surface area contributed by atoms with Gasteiger partial charge in [-0.15, -0.1) is 0 Å². The van der Waals surface area contributed by atoms with Gasteiger partial charge in [0.15, 0.2) is 0 Å². The van der Waals surface area contributed by atoms with Crippen molar-refractivity contribution in [2.45, 2.75) is 32.7 Å². The van der Waals surface area contributed by atoms with Crippen LogP contribution in [0.25, 0.3) is 0 Å². The second-order valence-corrected chi connectivity index (χ2v) is 6.35.